The minimum atomic E-state index is -0.476. The van der Waals surface area contributed by atoms with Crippen molar-refractivity contribution < 1.29 is 8.78 Å². The van der Waals surface area contributed by atoms with E-state index < -0.39 is 11.6 Å². The Bertz CT molecular complexity index is 910. The van der Waals surface area contributed by atoms with Crippen LogP contribution in [-0.4, -0.2) is 24.7 Å². The number of aryl methyl sites for hydroxylation is 1. The van der Waals surface area contributed by atoms with E-state index in [1.165, 1.54) is 12.4 Å². The molecule has 2 aromatic heterocycles. The van der Waals surface area contributed by atoms with Crippen LogP contribution in [0.4, 0.5) is 8.78 Å². The zero-order valence-corrected chi connectivity index (χ0v) is 14.3. The van der Waals surface area contributed by atoms with Crippen LogP contribution < -0.4 is 0 Å². The number of hydrogen-bond acceptors (Lipinski definition) is 5. The molecule has 0 aliphatic rings. The number of rotatable bonds is 6. The number of halogens is 2. The third-order valence-corrected chi connectivity index (χ3v) is 4.46. The molecule has 128 valence electrons. The fourth-order valence-electron chi connectivity index (χ4n) is 2.29. The number of hydrogen-bond donors (Lipinski definition) is 0. The lowest BCUT2D eigenvalue weighted by Crippen LogP contribution is -2.03. The first kappa shape index (κ1) is 17.2. The van der Waals surface area contributed by atoms with Crippen LogP contribution in [0.2, 0.25) is 0 Å². The van der Waals surface area contributed by atoms with E-state index in [1.807, 2.05) is 6.92 Å². The fourth-order valence-corrected chi connectivity index (χ4v) is 3.12. The van der Waals surface area contributed by atoms with Gasteiger partial charge in [-0.05, 0) is 30.3 Å². The summed E-state index contributed by atoms with van der Waals surface area (Å²) in [6.45, 7) is 5.88. The van der Waals surface area contributed by atoms with E-state index in [9.17, 15) is 8.78 Å². The van der Waals surface area contributed by atoms with Crippen LogP contribution in [0.1, 0.15) is 12.6 Å². The smallest absolute Gasteiger partial charge is 0.198 e. The number of aromatic nitrogens is 5. The average Bonchev–Trinajstić information content (AvgIpc) is 3.00. The van der Waals surface area contributed by atoms with Crippen LogP contribution in [0.25, 0.3) is 11.4 Å². The summed E-state index contributed by atoms with van der Waals surface area (Å²) in [6.07, 6.45) is 3.42. The Hall–Kier alpha value is -2.61. The molecule has 0 aliphatic carbocycles. The Morgan fingerprint density at radius 3 is 2.72 bits per heavy atom. The Morgan fingerprint density at radius 1 is 1.20 bits per heavy atom. The van der Waals surface area contributed by atoms with Crippen molar-refractivity contribution in [2.75, 3.05) is 0 Å². The molecule has 0 unspecified atom stereocenters. The number of allylic oxidation sites excluding steroid dienone is 1. The first-order valence-electron chi connectivity index (χ1n) is 7.61. The molecule has 2 heterocycles. The van der Waals surface area contributed by atoms with Crippen molar-refractivity contribution in [1.29, 1.82) is 0 Å². The second kappa shape index (κ2) is 7.52. The monoisotopic (exact) mass is 359 g/mol. The molecule has 25 heavy (non-hydrogen) atoms. The first-order chi connectivity index (χ1) is 12.2. The largest absolute Gasteiger partial charge is 0.298 e. The molecule has 8 heteroatoms. The molecular weight excluding hydrogens is 344 g/mol. The standard InChI is InChI=1S/C17H15F2N5S/c1-3-9-24-15(11-7-5-6-8-12(11)18)22-23-17(24)25-16-14(19)13(4-2)20-10-21-16/h3,5-8,10H,1,4,9H2,2H3. The quantitative estimate of drug-likeness (QED) is 0.493. The van der Waals surface area contributed by atoms with Gasteiger partial charge in [-0.25, -0.2) is 18.7 Å². The minimum Gasteiger partial charge on any atom is -0.298 e. The van der Waals surface area contributed by atoms with Gasteiger partial charge in [0.1, 0.15) is 17.2 Å². The molecule has 5 nitrogen and oxygen atoms in total. The molecule has 0 spiro atoms. The van der Waals surface area contributed by atoms with Gasteiger partial charge in [-0.3, -0.25) is 4.57 Å². The van der Waals surface area contributed by atoms with E-state index >= 15 is 0 Å². The maximum absolute atomic E-state index is 14.4. The molecular formula is C17H15F2N5S. The molecule has 0 amide bonds. The maximum Gasteiger partial charge on any atom is 0.198 e. The Labute approximate surface area is 147 Å². The predicted octanol–water partition coefficient (Wildman–Crippen LogP) is 3.91. The van der Waals surface area contributed by atoms with Gasteiger partial charge in [0.15, 0.2) is 16.8 Å². The Balaban J connectivity index is 2.04. The maximum atomic E-state index is 14.4. The summed E-state index contributed by atoms with van der Waals surface area (Å²) in [5, 5.41) is 8.71. The highest BCUT2D eigenvalue weighted by atomic mass is 32.2. The Kier molecular flexibility index (Phi) is 5.18. The lowest BCUT2D eigenvalue weighted by atomic mass is 10.2. The normalized spacial score (nSPS) is 10.8. The van der Waals surface area contributed by atoms with Gasteiger partial charge in [-0.1, -0.05) is 25.1 Å². The van der Waals surface area contributed by atoms with Crippen LogP contribution in [0.5, 0.6) is 0 Å². The van der Waals surface area contributed by atoms with Crippen molar-refractivity contribution in [2.24, 2.45) is 0 Å². The van der Waals surface area contributed by atoms with E-state index in [0.29, 0.717) is 35.2 Å². The summed E-state index contributed by atoms with van der Waals surface area (Å²) >= 11 is 1.02. The van der Waals surface area contributed by atoms with Gasteiger partial charge < -0.3 is 0 Å². The summed E-state index contributed by atoms with van der Waals surface area (Å²) < 4.78 is 30.2. The van der Waals surface area contributed by atoms with Crippen molar-refractivity contribution in [2.45, 2.75) is 30.1 Å². The van der Waals surface area contributed by atoms with E-state index in [4.69, 9.17) is 0 Å². The van der Waals surface area contributed by atoms with Gasteiger partial charge in [-0.2, -0.15) is 0 Å². The second-order valence-electron chi connectivity index (χ2n) is 5.08. The summed E-state index contributed by atoms with van der Waals surface area (Å²) in [7, 11) is 0. The van der Waals surface area contributed by atoms with Gasteiger partial charge in [0, 0.05) is 6.54 Å². The molecule has 0 bridgehead atoms. The van der Waals surface area contributed by atoms with Crippen molar-refractivity contribution in [3.8, 4) is 11.4 Å². The molecule has 0 fully saturated rings. The summed E-state index contributed by atoms with van der Waals surface area (Å²) in [5.41, 5.74) is 0.655. The van der Waals surface area contributed by atoms with Gasteiger partial charge in [0.25, 0.3) is 0 Å². The molecule has 0 saturated heterocycles. The van der Waals surface area contributed by atoms with Crippen LogP contribution in [-0.2, 0) is 13.0 Å². The highest BCUT2D eigenvalue weighted by molar-refractivity contribution is 7.99. The third kappa shape index (κ3) is 3.43. The van der Waals surface area contributed by atoms with E-state index in [-0.39, 0.29) is 5.03 Å². The molecule has 0 saturated carbocycles. The number of benzene rings is 1. The zero-order chi connectivity index (χ0) is 17.8. The van der Waals surface area contributed by atoms with Gasteiger partial charge in [0.05, 0.1) is 11.3 Å². The summed E-state index contributed by atoms with van der Waals surface area (Å²) in [6, 6.07) is 6.29. The molecule has 3 rings (SSSR count). The van der Waals surface area contributed by atoms with Gasteiger partial charge in [0.2, 0.25) is 0 Å². The highest BCUT2D eigenvalue weighted by Crippen LogP contribution is 2.31. The van der Waals surface area contributed by atoms with Crippen LogP contribution >= 0.6 is 11.8 Å². The molecule has 0 atom stereocenters. The molecule has 0 aliphatic heterocycles. The molecule has 1 aromatic carbocycles. The van der Waals surface area contributed by atoms with Crippen molar-refractivity contribution in [3.63, 3.8) is 0 Å². The minimum absolute atomic E-state index is 0.157. The lowest BCUT2D eigenvalue weighted by Gasteiger charge is -2.09. The van der Waals surface area contributed by atoms with Crippen molar-refractivity contribution in [3.05, 3.63) is 60.6 Å². The van der Waals surface area contributed by atoms with Gasteiger partial charge >= 0.3 is 0 Å². The fraction of sp³-hybridized carbons (Fsp3) is 0.176. The predicted molar refractivity (Wildman–Crippen MR) is 91.1 cm³/mol. The van der Waals surface area contributed by atoms with Crippen molar-refractivity contribution >= 4 is 11.8 Å². The summed E-state index contributed by atoms with van der Waals surface area (Å²) in [4.78, 5) is 7.89. The SMILES string of the molecule is C=CCn1c(Sc2ncnc(CC)c2F)nnc1-c1ccccc1F. The average molecular weight is 359 g/mol. The van der Waals surface area contributed by atoms with Crippen LogP contribution in [0.3, 0.4) is 0 Å². The van der Waals surface area contributed by atoms with E-state index in [2.05, 4.69) is 26.7 Å². The first-order valence-corrected chi connectivity index (χ1v) is 8.43. The summed E-state index contributed by atoms with van der Waals surface area (Å²) in [5.74, 6) is -0.528. The van der Waals surface area contributed by atoms with Crippen molar-refractivity contribution in [1.82, 2.24) is 24.7 Å². The van der Waals surface area contributed by atoms with Gasteiger partial charge in [-0.15, -0.1) is 16.8 Å². The van der Waals surface area contributed by atoms with E-state index in [1.54, 1.807) is 28.8 Å². The van der Waals surface area contributed by atoms with E-state index in [0.717, 1.165) is 11.8 Å². The third-order valence-electron chi connectivity index (χ3n) is 3.50. The second-order valence-corrected chi connectivity index (χ2v) is 6.04. The molecule has 0 radical (unpaired) electrons. The lowest BCUT2D eigenvalue weighted by molar-refractivity contribution is 0.558. The topological polar surface area (TPSA) is 56.5 Å². The zero-order valence-electron chi connectivity index (χ0n) is 13.5. The molecule has 3 aromatic rings. The molecule has 0 N–H and O–H groups in total. The number of nitrogens with zero attached hydrogens (tertiary/aromatic N) is 5. The highest BCUT2D eigenvalue weighted by Gasteiger charge is 2.19. The Morgan fingerprint density at radius 2 is 2.00 bits per heavy atom. The van der Waals surface area contributed by atoms with Crippen LogP contribution in [0.15, 0.2) is 53.4 Å². The van der Waals surface area contributed by atoms with Crippen LogP contribution in [0, 0.1) is 11.6 Å².